The fraction of sp³-hybridized carbons (Fsp3) is 0.273. The van der Waals surface area contributed by atoms with Crippen LogP contribution in [0.3, 0.4) is 0 Å². The Morgan fingerprint density at radius 1 is 1.23 bits per heavy atom. The van der Waals surface area contributed by atoms with Crippen molar-refractivity contribution in [2.24, 2.45) is 0 Å². The van der Waals surface area contributed by atoms with Gasteiger partial charge in [-0.15, -0.1) is 0 Å². The van der Waals surface area contributed by atoms with Gasteiger partial charge in [-0.2, -0.15) is 0 Å². The van der Waals surface area contributed by atoms with Crippen molar-refractivity contribution < 1.29 is 23.5 Å². The summed E-state index contributed by atoms with van der Waals surface area (Å²) < 4.78 is 11.3. The maximum Gasteiger partial charge on any atom is 0.322 e. The summed E-state index contributed by atoms with van der Waals surface area (Å²) in [5.74, 6) is 0.0691. The molecular weight excluding hydrogens is 400 g/mol. The molecule has 2 N–H and O–H groups in total. The number of fused-ring (bicyclic) bond motifs is 2. The molecule has 0 bridgehead atoms. The summed E-state index contributed by atoms with van der Waals surface area (Å²) in [6.45, 7) is 3.91. The van der Waals surface area contributed by atoms with Gasteiger partial charge in [0.25, 0.3) is 11.8 Å². The molecule has 4 heterocycles. The number of aromatic nitrogens is 1. The minimum absolute atomic E-state index is 0.0773. The molecule has 9 heteroatoms. The van der Waals surface area contributed by atoms with Gasteiger partial charge in [-0.25, -0.2) is 4.79 Å². The van der Waals surface area contributed by atoms with Crippen LogP contribution in [0.5, 0.6) is 5.75 Å². The number of carbonyl (C=O) groups excluding carboxylic acids is 3. The molecule has 0 aliphatic carbocycles. The Kier molecular flexibility index (Phi) is 4.04. The second-order valence-corrected chi connectivity index (χ2v) is 7.88. The summed E-state index contributed by atoms with van der Waals surface area (Å²) in [5.41, 5.74) is 1.89. The van der Waals surface area contributed by atoms with Crippen LogP contribution >= 0.6 is 0 Å². The third-order valence-electron chi connectivity index (χ3n) is 5.91. The number of pyridine rings is 1. The lowest BCUT2D eigenvalue weighted by Crippen LogP contribution is -2.52. The average molecular weight is 420 g/mol. The average Bonchev–Trinajstić information content (AvgIpc) is 3.37. The second-order valence-electron chi connectivity index (χ2n) is 7.88. The van der Waals surface area contributed by atoms with E-state index in [9.17, 15) is 14.4 Å². The van der Waals surface area contributed by atoms with Gasteiger partial charge in [-0.05, 0) is 37.6 Å². The fourth-order valence-electron chi connectivity index (χ4n) is 4.37. The van der Waals surface area contributed by atoms with Crippen LogP contribution in [0.15, 0.2) is 34.9 Å². The molecule has 0 unspecified atom stereocenters. The minimum atomic E-state index is -1.54. The zero-order chi connectivity index (χ0) is 21.9. The van der Waals surface area contributed by atoms with Crippen molar-refractivity contribution in [2.45, 2.75) is 25.9 Å². The van der Waals surface area contributed by atoms with Crippen LogP contribution in [0.1, 0.15) is 32.9 Å². The van der Waals surface area contributed by atoms with Crippen LogP contribution in [-0.4, -0.2) is 41.4 Å². The first-order valence-corrected chi connectivity index (χ1v) is 9.78. The Hall–Kier alpha value is -3.88. The number of methoxy groups -OCH3 is 1. The molecule has 4 amide bonds. The summed E-state index contributed by atoms with van der Waals surface area (Å²) in [7, 11) is 1.55. The third-order valence-corrected chi connectivity index (χ3v) is 5.91. The summed E-state index contributed by atoms with van der Waals surface area (Å²) in [6.07, 6.45) is 1.57. The van der Waals surface area contributed by atoms with E-state index in [2.05, 4.69) is 15.6 Å². The van der Waals surface area contributed by atoms with Gasteiger partial charge in [0.1, 0.15) is 11.5 Å². The molecule has 31 heavy (non-hydrogen) atoms. The molecule has 2 aliphatic heterocycles. The van der Waals surface area contributed by atoms with Gasteiger partial charge < -0.3 is 19.4 Å². The topological polar surface area (TPSA) is 114 Å². The number of hydrogen-bond donors (Lipinski definition) is 2. The first kappa shape index (κ1) is 19.1. The highest BCUT2D eigenvalue weighted by Gasteiger charge is 2.53. The number of rotatable bonds is 4. The number of nitrogens with zero attached hydrogens (tertiary/aromatic N) is 2. The molecule has 0 radical (unpaired) electrons. The standard InChI is InChI=1S/C22H20N4O5/c1-11-6-14-7-17(31-16(14)8-23-11)22(20(28)24-21(29)25-22)10-26-9-13-4-5-15(30-3)12(2)18(13)19(26)27/h4-8H,9-10H2,1-3H3,(H2,24,25,28,29)/t22-/m0/s1. The monoisotopic (exact) mass is 420 g/mol. The van der Waals surface area contributed by atoms with Crippen molar-refractivity contribution in [3.63, 3.8) is 0 Å². The number of imide groups is 1. The maximum atomic E-state index is 13.2. The Bertz CT molecular complexity index is 1280. The van der Waals surface area contributed by atoms with Gasteiger partial charge >= 0.3 is 6.03 Å². The largest absolute Gasteiger partial charge is 0.496 e. The lowest BCUT2D eigenvalue weighted by molar-refractivity contribution is -0.125. The number of nitrogens with one attached hydrogen (secondary N) is 2. The molecule has 1 atom stereocenters. The smallest absolute Gasteiger partial charge is 0.322 e. The normalized spacial score (nSPS) is 20.2. The van der Waals surface area contributed by atoms with Crippen LogP contribution in [0.25, 0.3) is 11.0 Å². The molecule has 9 nitrogen and oxygen atoms in total. The predicted octanol–water partition coefficient (Wildman–Crippen LogP) is 2.14. The molecular formula is C22H20N4O5. The first-order valence-electron chi connectivity index (χ1n) is 9.78. The van der Waals surface area contributed by atoms with Crippen molar-refractivity contribution in [2.75, 3.05) is 13.7 Å². The third kappa shape index (κ3) is 2.77. The molecule has 3 aromatic rings. The van der Waals surface area contributed by atoms with Gasteiger partial charge in [-0.3, -0.25) is 19.9 Å². The number of furan rings is 1. The van der Waals surface area contributed by atoms with Gasteiger partial charge in [-0.1, -0.05) is 6.07 Å². The van der Waals surface area contributed by atoms with Crippen molar-refractivity contribution in [1.29, 1.82) is 0 Å². The number of benzene rings is 1. The lowest BCUT2D eigenvalue weighted by atomic mass is 9.95. The minimum Gasteiger partial charge on any atom is -0.496 e. The molecule has 1 aromatic carbocycles. The molecule has 0 saturated carbocycles. The van der Waals surface area contributed by atoms with Gasteiger partial charge in [0.2, 0.25) is 0 Å². The first-order chi connectivity index (χ1) is 14.8. The Labute approximate surface area is 177 Å². The van der Waals surface area contributed by atoms with E-state index < -0.39 is 17.5 Å². The maximum absolute atomic E-state index is 13.2. The summed E-state index contributed by atoms with van der Waals surface area (Å²) >= 11 is 0. The van der Waals surface area contributed by atoms with Crippen LogP contribution in [0.2, 0.25) is 0 Å². The van der Waals surface area contributed by atoms with E-state index in [1.54, 1.807) is 24.3 Å². The molecule has 1 saturated heterocycles. The van der Waals surface area contributed by atoms with Crippen molar-refractivity contribution >= 4 is 28.8 Å². The SMILES string of the molecule is COc1ccc2c(c1C)C(=O)N(C[C@@]1(c3cc4cc(C)ncc4o3)NC(=O)NC1=O)C2. The summed E-state index contributed by atoms with van der Waals surface area (Å²) in [4.78, 5) is 44.1. The molecule has 0 spiro atoms. The predicted molar refractivity (Wildman–Crippen MR) is 110 cm³/mol. The molecule has 5 rings (SSSR count). The second kappa shape index (κ2) is 6.56. The number of urea groups is 1. The number of amides is 4. The van der Waals surface area contributed by atoms with E-state index in [1.807, 2.05) is 32.0 Å². The van der Waals surface area contributed by atoms with E-state index in [0.29, 0.717) is 23.4 Å². The Morgan fingerprint density at radius 3 is 2.74 bits per heavy atom. The fourth-order valence-corrected chi connectivity index (χ4v) is 4.37. The van der Waals surface area contributed by atoms with Gasteiger partial charge in [0.15, 0.2) is 11.1 Å². The molecule has 1 fully saturated rings. The number of hydrogen-bond acceptors (Lipinski definition) is 6. The summed E-state index contributed by atoms with van der Waals surface area (Å²) in [5, 5.41) is 5.72. The van der Waals surface area contributed by atoms with E-state index in [4.69, 9.17) is 9.15 Å². The van der Waals surface area contributed by atoms with E-state index in [1.165, 1.54) is 0 Å². The van der Waals surface area contributed by atoms with Crippen LogP contribution in [-0.2, 0) is 16.9 Å². The van der Waals surface area contributed by atoms with Crippen molar-refractivity contribution in [3.05, 3.63) is 58.6 Å². The Balaban J connectivity index is 1.56. The number of aryl methyl sites for hydroxylation is 1. The highest BCUT2D eigenvalue weighted by molar-refractivity contribution is 6.08. The van der Waals surface area contributed by atoms with E-state index >= 15 is 0 Å². The highest BCUT2D eigenvalue weighted by atomic mass is 16.5. The Morgan fingerprint density at radius 2 is 2.03 bits per heavy atom. The number of ether oxygens (including phenoxy) is 1. The molecule has 2 aliphatic rings. The van der Waals surface area contributed by atoms with Crippen molar-refractivity contribution in [3.8, 4) is 5.75 Å². The van der Waals surface area contributed by atoms with Crippen LogP contribution in [0, 0.1) is 13.8 Å². The van der Waals surface area contributed by atoms with Gasteiger partial charge in [0, 0.05) is 23.2 Å². The zero-order valence-electron chi connectivity index (χ0n) is 17.2. The number of carbonyl (C=O) groups is 3. The van der Waals surface area contributed by atoms with E-state index in [0.717, 1.165) is 22.2 Å². The highest BCUT2D eigenvalue weighted by Crippen LogP contribution is 2.36. The quantitative estimate of drug-likeness (QED) is 0.625. The molecule has 158 valence electrons. The molecule has 2 aromatic heterocycles. The van der Waals surface area contributed by atoms with E-state index in [-0.39, 0.29) is 18.2 Å². The lowest BCUT2D eigenvalue weighted by Gasteiger charge is -2.29. The van der Waals surface area contributed by atoms with Crippen LogP contribution < -0.4 is 15.4 Å². The summed E-state index contributed by atoms with van der Waals surface area (Å²) in [6, 6.07) is 6.56. The zero-order valence-corrected chi connectivity index (χ0v) is 17.2. The van der Waals surface area contributed by atoms with Crippen LogP contribution in [0.4, 0.5) is 4.79 Å². The van der Waals surface area contributed by atoms with Gasteiger partial charge in [0.05, 0.1) is 25.4 Å². The van der Waals surface area contributed by atoms with Crippen molar-refractivity contribution in [1.82, 2.24) is 20.5 Å².